The van der Waals surface area contributed by atoms with Crippen molar-refractivity contribution in [2.24, 2.45) is 0 Å². The molecule has 1 atom stereocenters. The van der Waals surface area contributed by atoms with Gasteiger partial charge in [0.2, 0.25) is 0 Å². The van der Waals surface area contributed by atoms with Crippen LogP contribution in [-0.4, -0.2) is 35.7 Å². The third-order valence-corrected chi connectivity index (χ3v) is 6.02. The Morgan fingerprint density at radius 3 is 2.21 bits per heavy atom. The van der Waals surface area contributed by atoms with Crippen LogP contribution >= 0.6 is 15.9 Å². The van der Waals surface area contributed by atoms with Crippen molar-refractivity contribution >= 4 is 39.6 Å². The van der Waals surface area contributed by atoms with Gasteiger partial charge in [-0.15, -0.1) is 0 Å². The Hall–Kier alpha value is -3.65. The van der Waals surface area contributed by atoms with E-state index in [1.165, 1.54) is 13.0 Å². The van der Waals surface area contributed by atoms with Crippen molar-refractivity contribution in [3.8, 4) is 11.1 Å². The van der Waals surface area contributed by atoms with Crippen LogP contribution in [0.3, 0.4) is 0 Å². The first-order valence-electron chi connectivity index (χ1n) is 10.3. The van der Waals surface area contributed by atoms with E-state index < -0.39 is 24.0 Å². The third-order valence-electron chi connectivity index (χ3n) is 5.52. The first-order valence-corrected chi connectivity index (χ1v) is 11.1. The lowest BCUT2D eigenvalue weighted by atomic mass is 9.98. The Kier molecular flexibility index (Phi) is 6.46. The Balaban J connectivity index is 1.49. The summed E-state index contributed by atoms with van der Waals surface area (Å²) in [5, 5.41) is 14.0. The maximum absolute atomic E-state index is 12.6. The molecule has 0 saturated carbocycles. The Morgan fingerprint density at radius 2 is 1.61 bits per heavy atom. The summed E-state index contributed by atoms with van der Waals surface area (Å²) in [4.78, 5) is 36.2. The number of hydrogen-bond acceptors (Lipinski definition) is 4. The second-order valence-corrected chi connectivity index (χ2v) is 8.59. The van der Waals surface area contributed by atoms with E-state index in [0.29, 0.717) is 4.47 Å². The molecule has 168 valence electrons. The van der Waals surface area contributed by atoms with Crippen LogP contribution in [0.25, 0.3) is 11.1 Å². The molecule has 2 amide bonds. The first-order chi connectivity index (χ1) is 15.8. The van der Waals surface area contributed by atoms with Crippen LogP contribution in [0.1, 0.15) is 34.3 Å². The van der Waals surface area contributed by atoms with Gasteiger partial charge < -0.3 is 15.2 Å². The minimum Gasteiger partial charge on any atom is -0.480 e. The molecule has 3 N–H and O–H groups in total. The summed E-state index contributed by atoms with van der Waals surface area (Å²) in [5.41, 5.74) is 4.77. The fourth-order valence-corrected chi connectivity index (χ4v) is 4.26. The largest absolute Gasteiger partial charge is 0.480 e. The van der Waals surface area contributed by atoms with Crippen LogP contribution in [0.2, 0.25) is 0 Å². The average Bonchev–Trinajstić information content (AvgIpc) is 3.11. The number of ether oxygens (including phenoxy) is 1. The zero-order valence-corrected chi connectivity index (χ0v) is 19.3. The van der Waals surface area contributed by atoms with Crippen LogP contribution in [0.15, 0.2) is 71.2 Å². The van der Waals surface area contributed by atoms with Gasteiger partial charge in [0.1, 0.15) is 12.6 Å². The molecule has 1 aliphatic carbocycles. The Bertz CT molecular complexity index is 1200. The molecular formula is C25H21BrN2O5. The lowest BCUT2D eigenvalue weighted by molar-refractivity contribution is -0.138. The molecule has 0 bridgehead atoms. The molecule has 0 aliphatic heterocycles. The van der Waals surface area contributed by atoms with E-state index in [0.717, 1.165) is 22.3 Å². The number of carbonyl (C=O) groups is 3. The van der Waals surface area contributed by atoms with Crippen LogP contribution < -0.4 is 10.6 Å². The van der Waals surface area contributed by atoms with Crippen LogP contribution in [0.4, 0.5) is 10.5 Å². The second-order valence-electron chi connectivity index (χ2n) is 7.67. The number of carboxylic acid groups (broad SMARTS) is 1. The summed E-state index contributed by atoms with van der Waals surface area (Å²) in [6.45, 7) is 1.49. The normalized spacial score (nSPS) is 12.9. The number of benzene rings is 3. The van der Waals surface area contributed by atoms with E-state index in [1.54, 1.807) is 12.1 Å². The van der Waals surface area contributed by atoms with Crippen molar-refractivity contribution < 1.29 is 24.2 Å². The van der Waals surface area contributed by atoms with E-state index in [-0.39, 0.29) is 23.8 Å². The Labute approximate surface area is 198 Å². The number of carboxylic acids is 1. The van der Waals surface area contributed by atoms with Gasteiger partial charge in [-0.1, -0.05) is 64.5 Å². The van der Waals surface area contributed by atoms with Crippen molar-refractivity contribution in [2.45, 2.75) is 18.9 Å². The van der Waals surface area contributed by atoms with Crippen LogP contribution in [0, 0.1) is 0 Å². The molecule has 3 aromatic carbocycles. The smallest absolute Gasteiger partial charge is 0.411 e. The summed E-state index contributed by atoms with van der Waals surface area (Å²) < 4.78 is 6.18. The maximum Gasteiger partial charge on any atom is 0.411 e. The van der Waals surface area contributed by atoms with Gasteiger partial charge in [0.15, 0.2) is 0 Å². The van der Waals surface area contributed by atoms with E-state index in [1.807, 2.05) is 36.4 Å². The number of nitrogens with one attached hydrogen (secondary N) is 2. The highest BCUT2D eigenvalue weighted by Crippen LogP contribution is 2.44. The molecule has 0 saturated heterocycles. The van der Waals surface area contributed by atoms with E-state index >= 15 is 0 Å². The van der Waals surface area contributed by atoms with Gasteiger partial charge >= 0.3 is 12.1 Å². The highest BCUT2D eigenvalue weighted by atomic mass is 79.9. The zero-order valence-electron chi connectivity index (χ0n) is 17.7. The molecule has 0 spiro atoms. The molecule has 0 aromatic heterocycles. The number of anilines is 1. The first kappa shape index (κ1) is 22.5. The lowest BCUT2D eigenvalue weighted by Gasteiger charge is -2.16. The van der Waals surface area contributed by atoms with Crippen molar-refractivity contribution in [1.82, 2.24) is 5.32 Å². The average molecular weight is 509 g/mol. The predicted octanol–water partition coefficient (Wildman–Crippen LogP) is 5.01. The molecule has 8 heteroatoms. The fraction of sp³-hybridized carbons (Fsp3) is 0.160. The number of hydrogen-bond donors (Lipinski definition) is 3. The number of halogens is 1. The standard InChI is InChI=1S/C25H21BrN2O5/c1-14(24(30)31)27-23(29)20-11-10-15(26)12-22(20)28-25(32)33-13-21-18-8-4-2-6-16(18)17-7-3-5-9-19(17)21/h2-12,14,21H,13H2,1H3,(H,27,29)(H,28,32)(H,30,31)/t14-/m1/s1. The van der Waals surface area contributed by atoms with E-state index in [2.05, 4.69) is 38.7 Å². The number of fused-ring (bicyclic) bond motifs is 3. The Morgan fingerprint density at radius 1 is 1.00 bits per heavy atom. The number of carbonyl (C=O) groups excluding carboxylic acids is 2. The minimum atomic E-state index is -1.16. The maximum atomic E-state index is 12.6. The molecule has 33 heavy (non-hydrogen) atoms. The molecule has 1 aliphatic rings. The van der Waals surface area contributed by atoms with Gasteiger partial charge in [-0.05, 0) is 47.4 Å². The quantitative estimate of drug-likeness (QED) is 0.433. The summed E-state index contributed by atoms with van der Waals surface area (Å²) in [7, 11) is 0. The molecule has 4 rings (SSSR count). The molecule has 0 heterocycles. The van der Waals surface area contributed by atoms with Crippen LogP contribution in [-0.2, 0) is 9.53 Å². The predicted molar refractivity (Wildman–Crippen MR) is 127 cm³/mol. The number of aliphatic carboxylic acids is 1. The number of amides is 2. The van der Waals surface area contributed by atoms with Gasteiger partial charge in [-0.2, -0.15) is 0 Å². The minimum absolute atomic E-state index is 0.0927. The van der Waals surface area contributed by atoms with Gasteiger partial charge in [-0.25, -0.2) is 4.79 Å². The summed E-state index contributed by atoms with van der Waals surface area (Å²) >= 11 is 3.32. The summed E-state index contributed by atoms with van der Waals surface area (Å²) in [6.07, 6.45) is -0.713. The highest BCUT2D eigenvalue weighted by Gasteiger charge is 2.29. The molecule has 7 nitrogen and oxygen atoms in total. The SMILES string of the molecule is C[C@@H](NC(=O)c1ccc(Br)cc1NC(=O)OCC1c2ccccc2-c2ccccc21)C(=O)O. The van der Waals surface area contributed by atoms with E-state index in [4.69, 9.17) is 9.84 Å². The summed E-state index contributed by atoms with van der Waals surface area (Å²) in [5.74, 6) is -1.87. The monoisotopic (exact) mass is 508 g/mol. The summed E-state index contributed by atoms with van der Waals surface area (Å²) in [6, 6.07) is 19.7. The second kappa shape index (κ2) is 9.46. The van der Waals surface area contributed by atoms with Crippen molar-refractivity contribution in [2.75, 3.05) is 11.9 Å². The zero-order chi connectivity index (χ0) is 23.5. The van der Waals surface area contributed by atoms with Crippen molar-refractivity contribution in [3.05, 3.63) is 87.9 Å². The highest BCUT2D eigenvalue weighted by molar-refractivity contribution is 9.10. The molecule has 0 radical (unpaired) electrons. The molecule has 0 unspecified atom stereocenters. The molecule has 3 aromatic rings. The molecular weight excluding hydrogens is 488 g/mol. The van der Waals surface area contributed by atoms with Crippen molar-refractivity contribution in [1.29, 1.82) is 0 Å². The molecule has 0 fully saturated rings. The lowest BCUT2D eigenvalue weighted by Crippen LogP contribution is -2.38. The van der Waals surface area contributed by atoms with Crippen molar-refractivity contribution in [3.63, 3.8) is 0 Å². The van der Waals surface area contributed by atoms with Gasteiger partial charge in [0.05, 0.1) is 11.3 Å². The van der Waals surface area contributed by atoms with Crippen LogP contribution in [0.5, 0.6) is 0 Å². The van der Waals surface area contributed by atoms with Gasteiger partial charge in [0, 0.05) is 10.4 Å². The van der Waals surface area contributed by atoms with Gasteiger partial charge in [0.25, 0.3) is 5.91 Å². The van der Waals surface area contributed by atoms with Gasteiger partial charge in [-0.3, -0.25) is 14.9 Å². The third kappa shape index (κ3) is 4.75. The topological polar surface area (TPSA) is 105 Å². The van der Waals surface area contributed by atoms with E-state index in [9.17, 15) is 14.4 Å². The number of rotatable bonds is 6. The fourth-order valence-electron chi connectivity index (χ4n) is 3.90.